The van der Waals surface area contributed by atoms with Gasteiger partial charge in [0.25, 0.3) is 0 Å². The number of nitrogens with two attached hydrogens (primary N) is 1. The van der Waals surface area contributed by atoms with Crippen molar-refractivity contribution in [3.63, 3.8) is 0 Å². The number of aliphatic hydroxyl groups excluding tert-OH is 1. The molecule has 0 aliphatic rings. The molecular weight excluding hydrogens is 200 g/mol. The van der Waals surface area contributed by atoms with Crippen LogP contribution >= 0.6 is 0 Å². The van der Waals surface area contributed by atoms with Gasteiger partial charge >= 0.3 is 10.4 Å². The lowest BCUT2D eigenvalue weighted by Crippen LogP contribution is -2.40. The summed E-state index contributed by atoms with van der Waals surface area (Å²) in [7, 11) is -3.29. The predicted molar refractivity (Wildman–Crippen MR) is 47.0 cm³/mol. The van der Waals surface area contributed by atoms with Crippen LogP contribution in [0.25, 0.3) is 0 Å². The monoisotopic (exact) mass is 216 g/mol. The van der Waals surface area contributed by atoms with Gasteiger partial charge in [0, 0.05) is 0 Å². The lowest BCUT2D eigenvalue weighted by Gasteiger charge is -2.09. The first-order valence-corrected chi connectivity index (χ1v) is 4.78. The highest BCUT2D eigenvalue weighted by atomic mass is 32.3. The third kappa shape index (κ3) is 24.5. The third-order valence-corrected chi connectivity index (χ3v) is 1.14. The van der Waals surface area contributed by atoms with Crippen molar-refractivity contribution in [1.29, 1.82) is 0 Å². The first kappa shape index (κ1) is 15.2. The zero-order valence-electron chi connectivity index (χ0n) is 7.76. The fraction of sp³-hybridized carbons (Fsp3) is 1.00. The molecule has 0 radical (unpaired) electrons. The van der Waals surface area contributed by atoms with Crippen molar-refractivity contribution in [3.05, 3.63) is 0 Å². The smallest absolute Gasteiger partial charge is 0.379 e. The average Bonchev–Trinajstić information content (AvgIpc) is 1.84. The summed E-state index contributed by atoms with van der Waals surface area (Å²) in [6.45, 7) is 3.40. The van der Waals surface area contributed by atoms with Crippen LogP contribution in [0, 0.1) is 0 Å². The summed E-state index contributed by atoms with van der Waals surface area (Å²) in [4.78, 5) is 0. The van der Waals surface area contributed by atoms with Crippen molar-refractivity contribution in [2.24, 2.45) is 5.73 Å². The SMILES string of the molecule is CC(N)NC(C)O.COS(=O)(=O)O. The second-order valence-electron chi connectivity index (χ2n) is 2.23. The maximum absolute atomic E-state index is 9.33. The van der Waals surface area contributed by atoms with E-state index in [9.17, 15) is 8.42 Å². The first-order valence-electron chi connectivity index (χ1n) is 3.41. The van der Waals surface area contributed by atoms with E-state index in [1.54, 1.807) is 13.8 Å². The predicted octanol–water partition coefficient (Wildman–Crippen LogP) is -1.35. The highest BCUT2D eigenvalue weighted by Crippen LogP contribution is 1.75. The number of aliphatic hydroxyl groups is 1. The molecule has 0 fully saturated rings. The van der Waals surface area contributed by atoms with Crippen molar-refractivity contribution >= 4 is 10.4 Å². The largest absolute Gasteiger partial charge is 0.397 e. The Kier molecular flexibility index (Phi) is 8.42. The topological polar surface area (TPSA) is 122 Å². The van der Waals surface area contributed by atoms with Gasteiger partial charge in [0.15, 0.2) is 0 Å². The number of rotatable bonds is 3. The van der Waals surface area contributed by atoms with Crippen LogP contribution < -0.4 is 11.1 Å². The molecule has 0 heterocycles. The van der Waals surface area contributed by atoms with Gasteiger partial charge in [-0.05, 0) is 13.8 Å². The molecule has 0 saturated heterocycles. The van der Waals surface area contributed by atoms with Gasteiger partial charge in [-0.15, -0.1) is 0 Å². The van der Waals surface area contributed by atoms with E-state index in [4.69, 9.17) is 15.4 Å². The zero-order chi connectivity index (χ0) is 11.1. The van der Waals surface area contributed by atoms with Crippen LogP contribution in [-0.4, -0.2) is 37.6 Å². The van der Waals surface area contributed by atoms with Crippen LogP contribution in [0.1, 0.15) is 13.8 Å². The molecule has 82 valence electrons. The highest BCUT2D eigenvalue weighted by Gasteiger charge is 1.94. The molecule has 0 spiro atoms. The maximum atomic E-state index is 9.33. The molecule has 2 unspecified atom stereocenters. The Bertz CT molecular complexity index is 195. The molecule has 0 aromatic heterocycles. The Labute approximate surface area is 77.8 Å². The molecule has 0 aliphatic carbocycles. The average molecular weight is 216 g/mol. The lowest BCUT2D eigenvalue weighted by molar-refractivity contribution is 0.144. The molecule has 0 saturated carbocycles. The zero-order valence-corrected chi connectivity index (χ0v) is 8.58. The van der Waals surface area contributed by atoms with E-state index in [-0.39, 0.29) is 6.17 Å². The van der Waals surface area contributed by atoms with E-state index >= 15 is 0 Å². The highest BCUT2D eigenvalue weighted by molar-refractivity contribution is 7.80. The summed E-state index contributed by atoms with van der Waals surface area (Å²) in [5.74, 6) is 0. The number of hydrogen-bond acceptors (Lipinski definition) is 6. The maximum Gasteiger partial charge on any atom is 0.397 e. The first-order chi connectivity index (χ1) is 5.69. The Morgan fingerprint density at radius 2 is 1.77 bits per heavy atom. The summed E-state index contributed by atoms with van der Waals surface area (Å²) in [5, 5.41) is 11.2. The van der Waals surface area contributed by atoms with Crippen LogP contribution in [-0.2, 0) is 14.6 Å². The third-order valence-electron chi connectivity index (χ3n) is 0.715. The van der Waals surface area contributed by atoms with Crippen LogP contribution in [0.3, 0.4) is 0 Å². The molecule has 0 aromatic carbocycles. The standard InChI is InChI=1S/C4H12N2O.CH4O4S/c1-3(5)6-4(2)7;1-5-6(2,3)4/h3-4,6-7H,5H2,1-2H3;1H3,(H,2,3,4). The molecule has 8 heteroatoms. The summed E-state index contributed by atoms with van der Waals surface area (Å²) >= 11 is 0. The molecule has 0 rings (SSSR count). The summed E-state index contributed by atoms with van der Waals surface area (Å²) in [5.41, 5.74) is 5.22. The number of hydrogen-bond donors (Lipinski definition) is 4. The molecule has 2 atom stereocenters. The normalized spacial score (nSPS) is 15.5. The quantitative estimate of drug-likeness (QED) is 0.340. The van der Waals surface area contributed by atoms with E-state index in [0.717, 1.165) is 7.11 Å². The summed E-state index contributed by atoms with van der Waals surface area (Å²) in [6, 6.07) is 0. The van der Waals surface area contributed by atoms with Crippen molar-refractivity contribution in [2.45, 2.75) is 26.2 Å². The molecule has 0 bridgehead atoms. The van der Waals surface area contributed by atoms with Gasteiger partial charge in [-0.3, -0.25) is 14.1 Å². The molecule has 0 aromatic rings. The van der Waals surface area contributed by atoms with Crippen LogP contribution in [0.2, 0.25) is 0 Å². The molecular formula is C5H16N2O5S. The second-order valence-corrected chi connectivity index (χ2v) is 3.41. The lowest BCUT2D eigenvalue weighted by atomic mass is 10.5. The van der Waals surface area contributed by atoms with E-state index in [0.29, 0.717) is 0 Å². The minimum Gasteiger partial charge on any atom is -0.379 e. The molecule has 7 nitrogen and oxygen atoms in total. The van der Waals surface area contributed by atoms with Crippen LogP contribution in [0.5, 0.6) is 0 Å². The Balaban J connectivity index is 0. The molecule has 0 aliphatic heterocycles. The Hall–Kier alpha value is -0.250. The van der Waals surface area contributed by atoms with Gasteiger partial charge in [-0.25, -0.2) is 0 Å². The van der Waals surface area contributed by atoms with Crippen molar-refractivity contribution in [1.82, 2.24) is 5.32 Å². The Morgan fingerprint density at radius 3 is 1.77 bits per heavy atom. The van der Waals surface area contributed by atoms with E-state index in [1.165, 1.54) is 0 Å². The summed E-state index contributed by atoms with van der Waals surface area (Å²) in [6.07, 6.45) is -0.625. The van der Waals surface area contributed by atoms with Crippen LogP contribution in [0.15, 0.2) is 0 Å². The fourth-order valence-corrected chi connectivity index (χ4v) is 0.380. The van der Waals surface area contributed by atoms with Crippen LogP contribution in [0.4, 0.5) is 0 Å². The van der Waals surface area contributed by atoms with E-state index in [2.05, 4.69) is 9.50 Å². The molecule has 0 amide bonds. The van der Waals surface area contributed by atoms with Gasteiger partial charge in [0.1, 0.15) is 6.23 Å². The van der Waals surface area contributed by atoms with Gasteiger partial charge in [-0.2, -0.15) is 8.42 Å². The fourth-order valence-electron chi connectivity index (χ4n) is 0.380. The minimum atomic E-state index is -4.16. The molecule has 13 heavy (non-hydrogen) atoms. The van der Waals surface area contributed by atoms with Gasteiger partial charge in [-0.1, -0.05) is 0 Å². The van der Waals surface area contributed by atoms with Crippen molar-refractivity contribution < 1.29 is 22.3 Å². The van der Waals surface area contributed by atoms with Gasteiger partial charge in [0.2, 0.25) is 0 Å². The van der Waals surface area contributed by atoms with Crippen molar-refractivity contribution in [2.75, 3.05) is 7.11 Å². The van der Waals surface area contributed by atoms with Gasteiger partial charge in [0.05, 0.1) is 13.3 Å². The molecule has 5 N–H and O–H groups in total. The van der Waals surface area contributed by atoms with E-state index < -0.39 is 16.6 Å². The second kappa shape index (κ2) is 7.18. The van der Waals surface area contributed by atoms with Crippen molar-refractivity contribution in [3.8, 4) is 0 Å². The van der Waals surface area contributed by atoms with E-state index in [1.807, 2.05) is 0 Å². The minimum absolute atomic E-state index is 0.125. The van der Waals surface area contributed by atoms with Gasteiger partial charge < -0.3 is 10.8 Å². The summed E-state index contributed by atoms with van der Waals surface area (Å²) < 4.78 is 29.7. The number of nitrogens with one attached hydrogen (secondary N) is 1. The Morgan fingerprint density at radius 1 is 1.46 bits per heavy atom.